The SMILES string of the molecule is CCCOc1ccc(C(C)NC(=O)C2CC(O)CN2)cc1OCCC. The molecule has 1 fully saturated rings. The van der Waals surface area contributed by atoms with Crippen LogP contribution >= 0.6 is 0 Å². The highest BCUT2D eigenvalue weighted by atomic mass is 16.5. The molecule has 1 amide bonds. The molecular formula is C19H30N2O4. The van der Waals surface area contributed by atoms with Gasteiger partial charge in [0.2, 0.25) is 5.91 Å². The van der Waals surface area contributed by atoms with Crippen molar-refractivity contribution in [2.24, 2.45) is 0 Å². The molecule has 0 bridgehead atoms. The third kappa shape index (κ3) is 5.61. The lowest BCUT2D eigenvalue weighted by Crippen LogP contribution is -2.41. The van der Waals surface area contributed by atoms with Gasteiger partial charge in [-0.05, 0) is 43.9 Å². The Labute approximate surface area is 149 Å². The van der Waals surface area contributed by atoms with Crippen molar-refractivity contribution < 1.29 is 19.4 Å². The number of aliphatic hydroxyl groups is 1. The van der Waals surface area contributed by atoms with Gasteiger partial charge in [0.1, 0.15) is 0 Å². The minimum Gasteiger partial charge on any atom is -0.490 e. The van der Waals surface area contributed by atoms with Gasteiger partial charge in [-0.3, -0.25) is 4.79 Å². The summed E-state index contributed by atoms with van der Waals surface area (Å²) >= 11 is 0. The van der Waals surface area contributed by atoms with Crippen LogP contribution in [0.1, 0.15) is 51.6 Å². The molecule has 1 aromatic rings. The molecule has 0 aliphatic carbocycles. The van der Waals surface area contributed by atoms with Crippen molar-refractivity contribution in [1.29, 1.82) is 0 Å². The van der Waals surface area contributed by atoms with Crippen LogP contribution < -0.4 is 20.1 Å². The highest BCUT2D eigenvalue weighted by molar-refractivity contribution is 5.82. The van der Waals surface area contributed by atoms with Gasteiger partial charge in [0.15, 0.2) is 11.5 Å². The highest BCUT2D eigenvalue weighted by Gasteiger charge is 2.28. The predicted molar refractivity (Wildman–Crippen MR) is 97.0 cm³/mol. The first-order valence-electron chi connectivity index (χ1n) is 9.16. The fraction of sp³-hybridized carbons (Fsp3) is 0.632. The van der Waals surface area contributed by atoms with Crippen LogP contribution in [0, 0.1) is 0 Å². The van der Waals surface area contributed by atoms with E-state index in [1.807, 2.05) is 25.1 Å². The fourth-order valence-corrected chi connectivity index (χ4v) is 2.76. The topological polar surface area (TPSA) is 79.8 Å². The highest BCUT2D eigenvalue weighted by Crippen LogP contribution is 2.31. The summed E-state index contributed by atoms with van der Waals surface area (Å²) in [5.74, 6) is 1.35. The molecule has 1 saturated heterocycles. The summed E-state index contributed by atoms with van der Waals surface area (Å²) in [4.78, 5) is 12.3. The van der Waals surface area contributed by atoms with E-state index in [0.29, 0.717) is 31.9 Å². The third-order valence-corrected chi connectivity index (χ3v) is 4.17. The van der Waals surface area contributed by atoms with Crippen LogP contribution in [-0.4, -0.2) is 42.9 Å². The Hall–Kier alpha value is -1.79. The standard InChI is InChI=1S/C19H30N2O4/c1-4-8-24-17-7-6-14(10-18(17)25-9-5-2)13(3)21-19(23)16-11-15(22)12-20-16/h6-7,10,13,15-16,20,22H,4-5,8-9,11-12H2,1-3H3,(H,21,23). The quantitative estimate of drug-likeness (QED) is 0.636. The lowest BCUT2D eigenvalue weighted by molar-refractivity contribution is -0.123. The number of aliphatic hydroxyl groups excluding tert-OH is 1. The number of hydrogen-bond donors (Lipinski definition) is 3. The van der Waals surface area contributed by atoms with Crippen molar-refractivity contribution in [2.75, 3.05) is 19.8 Å². The summed E-state index contributed by atoms with van der Waals surface area (Å²) in [6.07, 6.45) is 1.85. The number of ether oxygens (including phenoxy) is 2. The minimum absolute atomic E-state index is 0.0913. The van der Waals surface area contributed by atoms with Gasteiger partial charge in [-0.15, -0.1) is 0 Å². The Morgan fingerprint density at radius 1 is 1.28 bits per heavy atom. The van der Waals surface area contributed by atoms with Gasteiger partial charge in [0, 0.05) is 6.54 Å². The second-order valence-electron chi connectivity index (χ2n) is 6.48. The number of nitrogens with one attached hydrogen (secondary N) is 2. The maximum Gasteiger partial charge on any atom is 0.237 e. The average Bonchev–Trinajstić information content (AvgIpc) is 3.05. The van der Waals surface area contributed by atoms with Crippen molar-refractivity contribution in [3.63, 3.8) is 0 Å². The molecule has 2 rings (SSSR count). The fourth-order valence-electron chi connectivity index (χ4n) is 2.76. The van der Waals surface area contributed by atoms with E-state index in [-0.39, 0.29) is 18.0 Å². The smallest absolute Gasteiger partial charge is 0.237 e. The maximum absolute atomic E-state index is 12.3. The summed E-state index contributed by atoms with van der Waals surface area (Å²) in [6, 6.07) is 5.29. The van der Waals surface area contributed by atoms with Crippen LogP contribution in [0.4, 0.5) is 0 Å². The van der Waals surface area contributed by atoms with Crippen LogP contribution in [0.15, 0.2) is 18.2 Å². The van der Waals surface area contributed by atoms with Crippen LogP contribution in [0.5, 0.6) is 11.5 Å². The van der Waals surface area contributed by atoms with Gasteiger partial charge in [-0.25, -0.2) is 0 Å². The maximum atomic E-state index is 12.3. The van der Waals surface area contributed by atoms with Crippen molar-refractivity contribution in [3.05, 3.63) is 23.8 Å². The Balaban J connectivity index is 2.04. The van der Waals surface area contributed by atoms with Crippen molar-refractivity contribution in [1.82, 2.24) is 10.6 Å². The first-order valence-corrected chi connectivity index (χ1v) is 9.16. The van der Waals surface area contributed by atoms with Gasteiger partial charge < -0.3 is 25.2 Å². The second kappa shape index (κ2) is 9.63. The lowest BCUT2D eigenvalue weighted by atomic mass is 10.1. The lowest BCUT2D eigenvalue weighted by Gasteiger charge is -2.19. The third-order valence-electron chi connectivity index (χ3n) is 4.17. The molecule has 140 valence electrons. The summed E-state index contributed by atoms with van der Waals surface area (Å²) < 4.78 is 11.6. The van der Waals surface area contributed by atoms with Crippen LogP contribution in [0.2, 0.25) is 0 Å². The molecule has 3 N–H and O–H groups in total. The predicted octanol–water partition coefficient (Wildman–Crippen LogP) is 2.16. The van der Waals surface area contributed by atoms with Crippen LogP contribution in [0.3, 0.4) is 0 Å². The molecule has 3 atom stereocenters. The first-order chi connectivity index (χ1) is 12.0. The molecule has 1 aliphatic rings. The van der Waals surface area contributed by atoms with Crippen LogP contribution in [0.25, 0.3) is 0 Å². The van der Waals surface area contributed by atoms with E-state index < -0.39 is 6.10 Å². The second-order valence-corrected chi connectivity index (χ2v) is 6.48. The summed E-state index contributed by atoms with van der Waals surface area (Å²) in [5, 5.41) is 15.6. The molecular weight excluding hydrogens is 320 g/mol. The molecule has 1 aliphatic heterocycles. The first kappa shape index (κ1) is 19.5. The minimum atomic E-state index is -0.449. The Kier molecular flexibility index (Phi) is 7.52. The van der Waals surface area contributed by atoms with E-state index in [9.17, 15) is 9.90 Å². The molecule has 0 aromatic heterocycles. The van der Waals surface area contributed by atoms with E-state index >= 15 is 0 Å². The van der Waals surface area contributed by atoms with E-state index in [4.69, 9.17) is 9.47 Å². The molecule has 6 nitrogen and oxygen atoms in total. The molecule has 1 heterocycles. The summed E-state index contributed by atoms with van der Waals surface area (Å²) in [6.45, 7) is 7.79. The average molecular weight is 350 g/mol. The Morgan fingerprint density at radius 2 is 1.96 bits per heavy atom. The van der Waals surface area contributed by atoms with Gasteiger partial charge in [-0.2, -0.15) is 0 Å². The number of carbonyl (C=O) groups is 1. The largest absolute Gasteiger partial charge is 0.490 e. The zero-order chi connectivity index (χ0) is 18.2. The van der Waals surface area contributed by atoms with E-state index in [1.54, 1.807) is 0 Å². The monoisotopic (exact) mass is 350 g/mol. The molecule has 1 aromatic carbocycles. The van der Waals surface area contributed by atoms with E-state index in [2.05, 4.69) is 24.5 Å². The molecule has 0 saturated carbocycles. The summed E-state index contributed by atoms with van der Waals surface area (Å²) in [5.41, 5.74) is 0.960. The van der Waals surface area contributed by atoms with Gasteiger partial charge >= 0.3 is 0 Å². The van der Waals surface area contributed by atoms with Crippen LogP contribution in [-0.2, 0) is 4.79 Å². The normalized spacial score (nSPS) is 21.0. The summed E-state index contributed by atoms with van der Waals surface area (Å²) in [7, 11) is 0. The van der Waals surface area contributed by atoms with E-state index in [1.165, 1.54) is 0 Å². The number of carbonyl (C=O) groups excluding carboxylic acids is 1. The number of amides is 1. The number of rotatable bonds is 9. The Bertz CT molecular complexity index is 564. The number of benzene rings is 1. The van der Waals surface area contributed by atoms with Gasteiger partial charge in [0.25, 0.3) is 0 Å². The molecule has 3 unspecified atom stereocenters. The molecule has 25 heavy (non-hydrogen) atoms. The molecule has 0 spiro atoms. The van der Waals surface area contributed by atoms with Crippen molar-refractivity contribution >= 4 is 5.91 Å². The van der Waals surface area contributed by atoms with Crippen molar-refractivity contribution in [2.45, 2.75) is 58.2 Å². The number of β-amino-alcohol motifs (C(OH)–C–C–N with tert-alkyl or cyclic N) is 1. The zero-order valence-corrected chi connectivity index (χ0v) is 15.4. The Morgan fingerprint density at radius 3 is 2.56 bits per heavy atom. The van der Waals surface area contributed by atoms with E-state index in [0.717, 1.165) is 24.2 Å². The zero-order valence-electron chi connectivity index (χ0n) is 15.4. The van der Waals surface area contributed by atoms with Crippen molar-refractivity contribution in [3.8, 4) is 11.5 Å². The van der Waals surface area contributed by atoms with Gasteiger partial charge in [0.05, 0.1) is 31.4 Å². The molecule has 0 radical (unpaired) electrons. The molecule has 6 heteroatoms. The number of hydrogen-bond acceptors (Lipinski definition) is 5. The van der Waals surface area contributed by atoms with Gasteiger partial charge in [-0.1, -0.05) is 19.9 Å².